The number of carbonyl (C=O) groups is 2. The summed E-state index contributed by atoms with van der Waals surface area (Å²) in [6, 6.07) is 0. The number of cyclic esters (lactones) is 2. The van der Waals surface area contributed by atoms with E-state index in [2.05, 4.69) is 0 Å². The third-order valence-electron chi connectivity index (χ3n) is 5.86. The van der Waals surface area contributed by atoms with E-state index >= 15 is 0 Å². The fourth-order valence-corrected chi connectivity index (χ4v) is 5.51. The Kier molecular flexibility index (Phi) is 2.73. The zero-order valence-electron chi connectivity index (χ0n) is 13.1. The first-order valence-electron chi connectivity index (χ1n) is 8.18. The van der Waals surface area contributed by atoms with Crippen LogP contribution in [0.4, 0.5) is 0 Å². The molecule has 4 bridgehead atoms. The average Bonchev–Trinajstić information content (AvgIpc) is 2.34. The van der Waals surface area contributed by atoms with Crippen molar-refractivity contribution < 1.29 is 24.2 Å². The molecule has 5 aliphatic rings. The largest absolute Gasteiger partial charge is 0.511 e. The fraction of sp³-hybridized carbons (Fsp3) is 0.765. The molecule has 0 atom stereocenters. The number of aliphatic hydroxyl groups is 1. The van der Waals surface area contributed by atoms with E-state index in [-0.39, 0.29) is 11.3 Å². The van der Waals surface area contributed by atoms with Gasteiger partial charge in [-0.15, -0.1) is 0 Å². The standard InChI is InChI=1S/C17H22O5/c1-16(2)21-14(19)12(15(20)22-16)13(18)17-6-9-3-10(7-17)5-11(4-9)8-17/h9-11,18H,3-8H2,1-2H3. The molecule has 0 spiro atoms. The number of esters is 2. The summed E-state index contributed by atoms with van der Waals surface area (Å²) in [6.45, 7) is 3.03. The van der Waals surface area contributed by atoms with Gasteiger partial charge in [0.2, 0.25) is 0 Å². The number of hydrogen-bond acceptors (Lipinski definition) is 5. The van der Waals surface area contributed by atoms with Crippen molar-refractivity contribution in [2.45, 2.75) is 58.2 Å². The molecule has 5 heteroatoms. The first kappa shape index (κ1) is 14.1. The molecule has 4 aliphatic carbocycles. The van der Waals surface area contributed by atoms with Gasteiger partial charge in [0.05, 0.1) is 0 Å². The Morgan fingerprint density at radius 2 is 1.36 bits per heavy atom. The summed E-state index contributed by atoms with van der Waals surface area (Å²) in [5.74, 6) is -1.01. The highest BCUT2D eigenvalue weighted by Crippen LogP contribution is 2.62. The number of allylic oxidation sites excluding steroid dienone is 1. The Labute approximate surface area is 129 Å². The van der Waals surface area contributed by atoms with Crippen molar-refractivity contribution in [3.8, 4) is 0 Å². The predicted octanol–water partition coefficient (Wildman–Crippen LogP) is 2.85. The highest BCUT2D eigenvalue weighted by atomic mass is 16.7. The molecule has 1 saturated heterocycles. The lowest BCUT2D eigenvalue weighted by atomic mass is 9.49. The van der Waals surface area contributed by atoms with E-state index < -0.39 is 23.1 Å². The summed E-state index contributed by atoms with van der Waals surface area (Å²) in [5, 5.41) is 10.8. The molecule has 0 aromatic rings. The summed E-state index contributed by atoms with van der Waals surface area (Å²) < 4.78 is 10.3. The maximum Gasteiger partial charge on any atom is 0.352 e. The molecule has 1 N–H and O–H groups in total. The molecule has 5 nitrogen and oxygen atoms in total. The number of ether oxygens (including phenoxy) is 2. The summed E-state index contributed by atoms with van der Waals surface area (Å²) in [6.07, 6.45) is 6.30. The van der Waals surface area contributed by atoms with Crippen molar-refractivity contribution in [2.75, 3.05) is 0 Å². The minimum Gasteiger partial charge on any atom is -0.511 e. The molecular formula is C17H22O5. The maximum absolute atomic E-state index is 12.2. The van der Waals surface area contributed by atoms with E-state index in [4.69, 9.17) is 9.47 Å². The van der Waals surface area contributed by atoms with Crippen LogP contribution in [0.2, 0.25) is 0 Å². The third-order valence-corrected chi connectivity index (χ3v) is 5.86. The normalized spacial score (nSPS) is 42.1. The van der Waals surface area contributed by atoms with Crippen molar-refractivity contribution in [3.05, 3.63) is 11.3 Å². The van der Waals surface area contributed by atoms with Gasteiger partial charge in [-0.3, -0.25) is 0 Å². The van der Waals surface area contributed by atoms with Gasteiger partial charge in [-0.2, -0.15) is 0 Å². The Morgan fingerprint density at radius 1 is 0.955 bits per heavy atom. The maximum atomic E-state index is 12.2. The molecule has 0 radical (unpaired) electrons. The lowest BCUT2D eigenvalue weighted by Crippen LogP contribution is -2.49. The first-order chi connectivity index (χ1) is 10.3. The lowest BCUT2D eigenvalue weighted by molar-refractivity contribution is -0.223. The van der Waals surface area contributed by atoms with E-state index in [1.54, 1.807) is 0 Å². The molecule has 0 aromatic carbocycles. The van der Waals surface area contributed by atoms with Crippen molar-refractivity contribution in [2.24, 2.45) is 23.2 Å². The van der Waals surface area contributed by atoms with Crippen molar-refractivity contribution >= 4 is 11.9 Å². The van der Waals surface area contributed by atoms with E-state index in [1.807, 2.05) is 0 Å². The highest BCUT2D eigenvalue weighted by Gasteiger charge is 2.55. The monoisotopic (exact) mass is 306 g/mol. The third kappa shape index (κ3) is 1.97. The van der Waals surface area contributed by atoms with E-state index in [0.29, 0.717) is 17.8 Å². The van der Waals surface area contributed by atoms with Crippen molar-refractivity contribution in [1.29, 1.82) is 0 Å². The zero-order valence-corrected chi connectivity index (χ0v) is 13.1. The minimum absolute atomic E-state index is 0.0721. The summed E-state index contributed by atoms with van der Waals surface area (Å²) >= 11 is 0. The Morgan fingerprint density at radius 3 is 1.77 bits per heavy atom. The van der Waals surface area contributed by atoms with E-state index in [1.165, 1.54) is 33.1 Å². The molecule has 0 amide bonds. The van der Waals surface area contributed by atoms with Crippen LogP contribution in [0.5, 0.6) is 0 Å². The van der Waals surface area contributed by atoms with Gasteiger partial charge in [-0.05, 0) is 56.3 Å². The Balaban J connectivity index is 1.73. The quantitative estimate of drug-likeness (QED) is 0.349. The van der Waals surface area contributed by atoms with Gasteiger partial charge in [0, 0.05) is 19.3 Å². The summed E-state index contributed by atoms with van der Waals surface area (Å²) in [5.41, 5.74) is -0.690. The second kappa shape index (κ2) is 4.27. The van der Waals surface area contributed by atoms with Crippen LogP contribution < -0.4 is 0 Å². The van der Waals surface area contributed by atoms with Crippen LogP contribution in [0.25, 0.3) is 0 Å². The Hall–Kier alpha value is -1.52. The average molecular weight is 306 g/mol. The molecule has 22 heavy (non-hydrogen) atoms. The fourth-order valence-electron chi connectivity index (χ4n) is 5.51. The second-order valence-corrected chi connectivity index (χ2v) is 8.10. The smallest absolute Gasteiger partial charge is 0.352 e. The molecule has 0 aromatic heterocycles. The molecule has 5 rings (SSSR count). The zero-order chi connectivity index (χ0) is 15.7. The predicted molar refractivity (Wildman–Crippen MR) is 76.5 cm³/mol. The number of rotatable bonds is 1. The van der Waals surface area contributed by atoms with Gasteiger partial charge in [0.25, 0.3) is 5.79 Å². The second-order valence-electron chi connectivity index (χ2n) is 8.10. The van der Waals surface area contributed by atoms with Gasteiger partial charge in [-0.1, -0.05) is 0 Å². The van der Waals surface area contributed by atoms with Gasteiger partial charge in [0.15, 0.2) is 5.57 Å². The number of hydrogen-bond donors (Lipinski definition) is 1. The van der Waals surface area contributed by atoms with Crippen LogP contribution >= 0.6 is 0 Å². The summed E-state index contributed by atoms with van der Waals surface area (Å²) in [4.78, 5) is 24.4. The number of carbonyl (C=O) groups excluding carboxylic acids is 2. The van der Waals surface area contributed by atoms with Crippen LogP contribution in [-0.4, -0.2) is 22.8 Å². The lowest BCUT2D eigenvalue weighted by Gasteiger charge is -2.56. The van der Waals surface area contributed by atoms with Gasteiger partial charge in [0.1, 0.15) is 5.76 Å². The molecule has 1 heterocycles. The molecular weight excluding hydrogens is 284 g/mol. The molecule has 4 saturated carbocycles. The van der Waals surface area contributed by atoms with Crippen LogP contribution in [0.15, 0.2) is 11.3 Å². The highest BCUT2D eigenvalue weighted by molar-refractivity contribution is 6.15. The van der Waals surface area contributed by atoms with E-state index in [0.717, 1.165) is 19.3 Å². The topological polar surface area (TPSA) is 72.8 Å². The van der Waals surface area contributed by atoms with Crippen molar-refractivity contribution in [1.82, 2.24) is 0 Å². The van der Waals surface area contributed by atoms with Crippen LogP contribution in [0, 0.1) is 23.2 Å². The van der Waals surface area contributed by atoms with E-state index in [9.17, 15) is 14.7 Å². The molecule has 120 valence electrons. The summed E-state index contributed by atoms with van der Waals surface area (Å²) in [7, 11) is 0. The minimum atomic E-state index is -1.26. The molecule has 0 unspecified atom stereocenters. The van der Waals surface area contributed by atoms with Gasteiger partial charge < -0.3 is 14.6 Å². The molecule has 1 aliphatic heterocycles. The van der Waals surface area contributed by atoms with Crippen LogP contribution in [-0.2, 0) is 19.1 Å². The van der Waals surface area contributed by atoms with Crippen LogP contribution in [0.3, 0.4) is 0 Å². The SMILES string of the molecule is CC1(C)OC(=O)C(=C(O)C23CC4CC(CC(C4)C2)C3)C(=O)O1. The number of aliphatic hydroxyl groups excluding tert-OH is 1. The van der Waals surface area contributed by atoms with Gasteiger partial charge in [-0.25, -0.2) is 9.59 Å². The van der Waals surface area contributed by atoms with Crippen LogP contribution in [0.1, 0.15) is 52.4 Å². The first-order valence-corrected chi connectivity index (χ1v) is 8.18. The molecule has 5 fully saturated rings. The van der Waals surface area contributed by atoms with Crippen molar-refractivity contribution in [3.63, 3.8) is 0 Å². The van der Waals surface area contributed by atoms with Gasteiger partial charge >= 0.3 is 11.9 Å². The Bertz CT molecular complexity index is 529.